The van der Waals surface area contributed by atoms with Gasteiger partial charge >= 0.3 is 0 Å². The summed E-state index contributed by atoms with van der Waals surface area (Å²) < 4.78 is 11.3. The van der Waals surface area contributed by atoms with Crippen LogP contribution < -0.4 is 9.47 Å². The molecule has 0 spiro atoms. The zero-order valence-electron chi connectivity index (χ0n) is 11.9. The smallest absolute Gasteiger partial charge is 0.151 e. The van der Waals surface area contributed by atoms with Crippen molar-refractivity contribution in [2.45, 2.75) is 25.2 Å². The molecule has 2 N–H and O–H groups in total. The highest BCUT2D eigenvalue weighted by molar-refractivity contribution is 5.22. The molecule has 0 aliphatic heterocycles. The molecule has 2 rings (SSSR count). The molecule has 0 radical (unpaired) electrons. The summed E-state index contributed by atoms with van der Waals surface area (Å²) >= 11 is 0. The lowest BCUT2D eigenvalue weighted by Crippen LogP contribution is -2.44. The van der Waals surface area contributed by atoms with Gasteiger partial charge in [0, 0.05) is 0 Å². The third-order valence-corrected chi connectivity index (χ3v) is 3.14. The first-order valence-corrected chi connectivity index (χ1v) is 6.93. The summed E-state index contributed by atoms with van der Waals surface area (Å²) in [6.45, 7) is 1.45. The van der Waals surface area contributed by atoms with Crippen molar-refractivity contribution in [1.29, 1.82) is 0 Å². The summed E-state index contributed by atoms with van der Waals surface area (Å²) in [5.41, 5.74) is 0. The van der Waals surface area contributed by atoms with Crippen LogP contribution in [-0.4, -0.2) is 35.1 Å². The van der Waals surface area contributed by atoms with E-state index in [1.165, 1.54) is 0 Å². The SMILES string of the molecule is CC(Oc1ccccc1)C(O)C(CO)Oc1ccccc1. The Kier molecular flexibility index (Phi) is 5.60. The lowest BCUT2D eigenvalue weighted by Gasteiger charge is -2.27. The topological polar surface area (TPSA) is 58.9 Å². The van der Waals surface area contributed by atoms with Gasteiger partial charge in [0.1, 0.15) is 23.7 Å². The van der Waals surface area contributed by atoms with Gasteiger partial charge in [-0.3, -0.25) is 0 Å². The van der Waals surface area contributed by atoms with Crippen molar-refractivity contribution in [1.82, 2.24) is 0 Å². The van der Waals surface area contributed by atoms with E-state index >= 15 is 0 Å². The van der Waals surface area contributed by atoms with Gasteiger partial charge in [0.15, 0.2) is 6.10 Å². The lowest BCUT2D eigenvalue weighted by molar-refractivity contribution is -0.0504. The molecule has 0 saturated heterocycles. The van der Waals surface area contributed by atoms with Crippen LogP contribution in [-0.2, 0) is 0 Å². The highest BCUT2D eigenvalue weighted by Crippen LogP contribution is 2.17. The number of benzene rings is 2. The Balaban J connectivity index is 1.97. The zero-order valence-corrected chi connectivity index (χ0v) is 11.9. The van der Waals surface area contributed by atoms with Crippen LogP contribution in [0.1, 0.15) is 6.92 Å². The van der Waals surface area contributed by atoms with E-state index in [0.29, 0.717) is 11.5 Å². The lowest BCUT2D eigenvalue weighted by atomic mass is 10.1. The van der Waals surface area contributed by atoms with E-state index in [1.807, 2.05) is 48.5 Å². The minimum atomic E-state index is -0.949. The molecule has 0 fully saturated rings. The molecule has 0 amide bonds. The molecule has 21 heavy (non-hydrogen) atoms. The minimum Gasteiger partial charge on any atom is -0.488 e. The summed E-state index contributed by atoms with van der Waals surface area (Å²) in [6, 6.07) is 18.3. The van der Waals surface area contributed by atoms with Gasteiger partial charge in [-0.25, -0.2) is 0 Å². The van der Waals surface area contributed by atoms with Crippen molar-refractivity contribution in [3.05, 3.63) is 60.7 Å². The van der Waals surface area contributed by atoms with Crippen molar-refractivity contribution < 1.29 is 19.7 Å². The fourth-order valence-corrected chi connectivity index (χ4v) is 1.97. The van der Waals surface area contributed by atoms with E-state index in [0.717, 1.165) is 0 Å². The Morgan fingerprint density at radius 2 is 1.33 bits per heavy atom. The minimum absolute atomic E-state index is 0.293. The maximum Gasteiger partial charge on any atom is 0.151 e. The van der Waals surface area contributed by atoms with Gasteiger partial charge < -0.3 is 19.7 Å². The molecule has 0 saturated carbocycles. The largest absolute Gasteiger partial charge is 0.488 e. The molecule has 4 heteroatoms. The van der Waals surface area contributed by atoms with E-state index in [9.17, 15) is 10.2 Å². The summed E-state index contributed by atoms with van der Waals surface area (Å²) in [4.78, 5) is 0. The summed E-state index contributed by atoms with van der Waals surface area (Å²) in [6.07, 6.45) is -2.20. The average Bonchev–Trinajstić information content (AvgIpc) is 2.54. The fourth-order valence-electron chi connectivity index (χ4n) is 1.97. The van der Waals surface area contributed by atoms with Crippen LogP contribution in [0.25, 0.3) is 0 Å². The normalized spacial score (nSPS) is 15.0. The van der Waals surface area contributed by atoms with E-state index in [-0.39, 0.29) is 6.61 Å². The van der Waals surface area contributed by atoms with Gasteiger partial charge in [-0.05, 0) is 31.2 Å². The second kappa shape index (κ2) is 7.67. The predicted octanol–water partition coefficient (Wildman–Crippen LogP) is 2.25. The molecule has 0 heterocycles. The zero-order chi connectivity index (χ0) is 15.1. The molecule has 0 aliphatic rings. The fraction of sp³-hybridized carbons (Fsp3) is 0.294. The van der Waals surface area contributed by atoms with Gasteiger partial charge in [0.05, 0.1) is 6.61 Å². The number of aliphatic hydroxyl groups excluding tert-OH is 2. The Labute approximate surface area is 124 Å². The molecule has 2 aromatic carbocycles. The van der Waals surface area contributed by atoms with Gasteiger partial charge in [0.2, 0.25) is 0 Å². The third kappa shape index (κ3) is 4.48. The summed E-state index contributed by atoms with van der Waals surface area (Å²) in [5, 5.41) is 19.7. The molecule has 0 bridgehead atoms. The molecular weight excluding hydrogens is 268 g/mol. The molecule has 3 atom stereocenters. The highest BCUT2D eigenvalue weighted by Gasteiger charge is 2.27. The van der Waals surface area contributed by atoms with Crippen molar-refractivity contribution in [3.63, 3.8) is 0 Å². The third-order valence-electron chi connectivity index (χ3n) is 3.14. The van der Waals surface area contributed by atoms with Gasteiger partial charge in [-0.2, -0.15) is 0 Å². The average molecular weight is 288 g/mol. The van der Waals surface area contributed by atoms with Crippen LogP contribution in [0, 0.1) is 0 Å². The van der Waals surface area contributed by atoms with Gasteiger partial charge in [-0.15, -0.1) is 0 Å². The van der Waals surface area contributed by atoms with Crippen LogP contribution in [0.2, 0.25) is 0 Å². The van der Waals surface area contributed by atoms with Crippen LogP contribution in [0.5, 0.6) is 11.5 Å². The van der Waals surface area contributed by atoms with Gasteiger partial charge in [-0.1, -0.05) is 36.4 Å². The van der Waals surface area contributed by atoms with Crippen molar-refractivity contribution in [2.75, 3.05) is 6.61 Å². The van der Waals surface area contributed by atoms with E-state index < -0.39 is 18.3 Å². The van der Waals surface area contributed by atoms with Crippen LogP contribution >= 0.6 is 0 Å². The van der Waals surface area contributed by atoms with E-state index in [1.54, 1.807) is 19.1 Å². The number of hydrogen-bond acceptors (Lipinski definition) is 4. The molecule has 0 aromatic heterocycles. The molecule has 112 valence electrons. The quantitative estimate of drug-likeness (QED) is 0.820. The van der Waals surface area contributed by atoms with E-state index in [4.69, 9.17) is 9.47 Å². The molecule has 2 aromatic rings. The molecule has 0 aliphatic carbocycles. The van der Waals surface area contributed by atoms with Crippen LogP contribution in [0.3, 0.4) is 0 Å². The first-order chi connectivity index (χ1) is 10.2. The second-order valence-corrected chi connectivity index (χ2v) is 4.78. The Morgan fingerprint density at radius 1 is 0.857 bits per heavy atom. The number of hydrogen-bond donors (Lipinski definition) is 2. The second-order valence-electron chi connectivity index (χ2n) is 4.78. The number of ether oxygens (including phenoxy) is 2. The van der Waals surface area contributed by atoms with Crippen LogP contribution in [0.15, 0.2) is 60.7 Å². The van der Waals surface area contributed by atoms with Crippen LogP contribution in [0.4, 0.5) is 0 Å². The monoisotopic (exact) mass is 288 g/mol. The maximum absolute atomic E-state index is 10.3. The molecular formula is C17H20O4. The number of aliphatic hydroxyl groups is 2. The first kappa shape index (κ1) is 15.4. The number of para-hydroxylation sites is 2. The Hall–Kier alpha value is -2.04. The van der Waals surface area contributed by atoms with E-state index in [2.05, 4.69) is 0 Å². The maximum atomic E-state index is 10.3. The Morgan fingerprint density at radius 3 is 1.81 bits per heavy atom. The number of rotatable bonds is 7. The van der Waals surface area contributed by atoms with Crippen molar-refractivity contribution in [3.8, 4) is 11.5 Å². The molecule has 3 unspecified atom stereocenters. The van der Waals surface area contributed by atoms with Gasteiger partial charge in [0.25, 0.3) is 0 Å². The summed E-state index contributed by atoms with van der Waals surface area (Å²) in [7, 11) is 0. The standard InChI is InChI=1S/C17H20O4/c1-13(20-14-8-4-2-5-9-14)17(19)16(12-18)21-15-10-6-3-7-11-15/h2-11,13,16-19H,12H2,1H3. The molecule has 4 nitrogen and oxygen atoms in total. The van der Waals surface area contributed by atoms with Crippen molar-refractivity contribution >= 4 is 0 Å². The Bertz CT molecular complexity index is 515. The first-order valence-electron chi connectivity index (χ1n) is 6.93. The summed E-state index contributed by atoms with van der Waals surface area (Å²) in [5.74, 6) is 1.27. The highest BCUT2D eigenvalue weighted by atomic mass is 16.5. The predicted molar refractivity (Wildman–Crippen MR) is 80.5 cm³/mol. The van der Waals surface area contributed by atoms with Crippen molar-refractivity contribution in [2.24, 2.45) is 0 Å².